The van der Waals surface area contributed by atoms with Crippen molar-refractivity contribution < 1.29 is 0 Å². The van der Waals surface area contributed by atoms with Gasteiger partial charge in [-0.15, -0.1) is 23.2 Å². The highest BCUT2D eigenvalue weighted by Gasteiger charge is 2.31. The average Bonchev–Trinajstić information content (AvgIpc) is 2.48. The van der Waals surface area contributed by atoms with Gasteiger partial charge in [-0.1, -0.05) is 60.1 Å². The zero-order valence-electron chi connectivity index (χ0n) is 10.5. The zero-order valence-corrected chi connectivity index (χ0v) is 12.7. The Labute approximate surface area is 129 Å². The van der Waals surface area contributed by atoms with E-state index in [0.717, 1.165) is 22.6 Å². The van der Waals surface area contributed by atoms with Gasteiger partial charge in [0.25, 0.3) is 0 Å². The summed E-state index contributed by atoms with van der Waals surface area (Å²) in [6.07, 6.45) is 0.740. The Morgan fingerprint density at radius 2 is 1.37 bits per heavy atom. The lowest BCUT2D eigenvalue weighted by molar-refractivity contribution is 0.536. The molecule has 0 bridgehead atoms. The molecule has 0 saturated carbocycles. The second kappa shape index (κ2) is 6.65. The van der Waals surface area contributed by atoms with Crippen LogP contribution in [0.1, 0.15) is 11.1 Å². The van der Waals surface area contributed by atoms with Gasteiger partial charge in [-0.2, -0.15) is 0 Å². The molecule has 3 heteroatoms. The second-order valence-corrected chi connectivity index (χ2v) is 5.62. The monoisotopic (exact) mass is 312 g/mol. The third kappa shape index (κ3) is 3.25. The van der Waals surface area contributed by atoms with Crippen LogP contribution in [0, 0.1) is 0 Å². The van der Waals surface area contributed by atoms with Gasteiger partial charge in [0.15, 0.2) is 0 Å². The van der Waals surface area contributed by atoms with Gasteiger partial charge in [-0.3, -0.25) is 0 Å². The van der Waals surface area contributed by atoms with Gasteiger partial charge in [0.05, 0.1) is 0 Å². The summed E-state index contributed by atoms with van der Waals surface area (Å²) in [7, 11) is 0. The predicted octanol–water partition coefficient (Wildman–Crippen LogP) is 5.30. The number of alkyl halides is 2. The molecular formula is C16H15Cl3. The number of hydrogen-bond acceptors (Lipinski definition) is 0. The first-order valence-corrected chi connectivity index (χ1v) is 7.57. The first kappa shape index (κ1) is 14.7. The van der Waals surface area contributed by atoms with E-state index in [4.69, 9.17) is 34.8 Å². The molecule has 2 rings (SSSR count). The molecule has 0 fully saturated rings. The highest BCUT2D eigenvalue weighted by molar-refractivity contribution is 6.31. The number of benzene rings is 2. The summed E-state index contributed by atoms with van der Waals surface area (Å²) < 4.78 is 0. The van der Waals surface area contributed by atoms with Gasteiger partial charge in [-0.05, 0) is 23.6 Å². The van der Waals surface area contributed by atoms with E-state index in [1.807, 2.05) is 42.5 Å². The van der Waals surface area contributed by atoms with Crippen LogP contribution in [0.2, 0.25) is 5.02 Å². The molecule has 0 radical (unpaired) electrons. The lowest BCUT2D eigenvalue weighted by Crippen LogP contribution is -2.33. The smallest absolute Gasteiger partial charge is 0.0438 e. The standard InChI is InChI=1S/C16H15Cl3/c17-11-16(12-18,14-7-2-1-3-8-14)10-13-6-4-5-9-15(13)19/h1-9H,10-12H2. The van der Waals surface area contributed by atoms with E-state index in [0.29, 0.717) is 11.8 Å². The van der Waals surface area contributed by atoms with Crippen molar-refractivity contribution in [2.45, 2.75) is 11.8 Å². The minimum Gasteiger partial charge on any atom is -0.126 e. The highest BCUT2D eigenvalue weighted by Crippen LogP contribution is 2.33. The minimum absolute atomic E-state index is 0.282. The second-order valence-electron chi connectivity index (χ2n) is 4.68. The summed E-state index contributed by atoms with van der Waals surface area (Å²) in [6, 6.07) is 18.0. The van der Waals surface area contributed by atoms with Crippen LogP contribution in [-0.2, 0) is 11.8 Å². The summed E-state index contributed by atoms with van der Waals surface area (Å²) in [4.78, 5) is 0. The van der Waals surface area contributed by atoms with E-state index < -0.39 is 0 Å². The maximum absolute atomic E-state index is 6.25. The summed E-state index contributed by atoms with van der Waals surface area (Å²) in [6.45, 7) is 0. The van der Waals surface area contributed by atoms with Crippen molar-refractivity contribution in [3.05, 3.63) is 70.7 Å². The molecule has 2 aromatic carbocycles. The Bertz CT molecular complexity index is 519. The van der Waals surface area contributed by atoms with Gasteiger partial charge in [0.1, 0.15) is 0 Å². The molecule has 0 saturated heterocycles. The van der Waals surface area contributed by atoms with Crippen molar-refractivity contribution in [2.24, 2.45) is 0 Å². The molecule has 0 amide bonds. The molecule has 0 nitrogen and oxygen atoms in total. The first-order chi connectivity index (χ1) is 9.22. The Balaban J connectivity index is 2.38. The Morgan fingerprint density at radius 3 is 1.95 bits per heavy atom. The van der Waals surface area contributed by atoms with Crippen molar-refractivity contribution >= 4 is 34.8 Å². The van der Waals surface area contributed by atoms with E-state index in [2.05, 4.69) is 12.1 Å². The van der Waals surface area contributed by atoms with E-state index in [-0.39, 0.29) is 5.41 Å². The summed E-state index contributed by atoms with van der Waals surface area (Å²) in [5, 5.41) is 0.762. The average molecular weight is 314 g/mol. The maximum atomic E-state index is 6.25. The van der Waals surface area contributed by atoms with Crippen LogP contribution in [0.4, 0.5) is 0 Å². The number of hydrogen-bond donors (Lipinski definition) is 0. The molecule has 0 aliphatic heterocycles. The van der Waals surface area contributed by atoms with Crippen LogP contribution in [0.3, 0.4) is 0 Å². The fraction of sp³-hybridized carbons (Fsp3) is 0.250. The van der Waals surface area contributed by atoms with Gasteiger partial charge < -0.3 is 0 Å². The molecule has 0 aliphatic rings. The predicted molar refractivity (Wildman–Crippen MR) is 84.7 cm³/mol. The molecule has 0 aromatic heterocycles. The Kier molecular flexibility index (Phi) is 5.15. The van der Waals surface area contributed by atoms with Crippen molar-refractivity contribution in [1.29, 1.82) is 0 Å². The molecule has 0 N–H and O–H groups in total. The van der Waals surface area contributed by atoms with Crippen LogP contribution < -0.4 is 0 Å². The molecule has 0 aliphatic carbocycles. The third-order valence-corrected chi connectivity index (χ3v) is 4.78. The van der Waals surface area contributed by atoms with Crippen LogP contribution in [0.5, 0.6) is 0 Å². The molecule has 19 heavy (non-hydrogen) atoms. The number of rotatable bonds is 5. The van der Waals surface area contributed by atoms with E-state index in [1.54, 1.807) is 0 Å². The molecule has 0 heterocycles. The normalized spacial score (nSPS) is 11.5. The van der Waals surface area contributed by atoms with Crippen LogP contribution in [0.15, 0.2) is 54.6 Å². The van der Waals surface area contributed by atoms with Crippen LogP contribution in [0.25, 0.3) is 0 Å². The number of halogens is 3. The first-order valence-electron chi connectivity index (χ1n) is 6.13. The zero-order chi connectivity index (χ0) is 13.7. The highest BCUT2D eigenvalue weighted by atomic mass is 35.5. The van der Waals surface area contributed by atoms with E-state index in [1.165, 1.54) is 0 Å². The minimum atomic E-state index is -0.282. The summed E-state index contributed by atoms with van der Waals surface area (Å²) in [5.41, 5.74) is 1.95. The van der Waals surface area contributed by atoms with Gasteiger partial charge in [0.2, 0.25) is 0 Å². The molecule has 0 spiro atoms. The fourth-order valence-corrected chi connectivity index (χ4v) is 3.17. The maximum Gasteiger partial charge on any atom is 0.0438 e. The Morgan fingerprint density at radius 1 is 0.789 bits per heavy atom. The lowest BCUT2D eigenvalue weighted by atomic mass is 9.79. The van der Waals surface area contributed by atoms with Crippen molar-refractivity contribution in [3.8, 4) is 0 Å². The van der Waals surface area contributed by atoms with E-state index in [9.17, 15) is 0 Å². The van der Waals surface area contributed by atoms with Crippen LogP contribution in [-0.4, -0.2) is 11.8 Å². The molecule has 100 valence electrons. The third-order valence-electron chi connectivity index (χ3n) is 3.38. The van der Waals surface area contributed by atoms with Crippen molar-refractivity contribution in [1.82, 2.24) is 0 Å². The van der Waals surface area contributed by atoms with E-state index >= 15 is 0 Å². The largest absolute Gasteiger partial charge is 0.126 e. The molecule has 2 aromatic rings. The van der Waals surface area contributed by atoms with Gasteiger partial charge >= 0.3 is 0 Å². The fourth-order valence-electron chi connectivity index (χ4n) is 2.18. The Hall–Kier alpha value is -0.690. The molecule has 0 atom stereocenters. The van der Waals surface area contributed by atoms with Crippen molar-refractivity contribution in [2.75, 3.05) is 11.8 Å². The topological polar surface area (TPSA) is 0 Å². The summed E-state index contributed by atoms with van der Waals surface area (Å²) >= 11 is 18.7. The molecule has 0 unspecified atom stereocenters. The van der Waals surface area contributed by atoms with Gasteiger partial charge in [0, 0.05) is 22.2 Å². The lowest BCUT2D eigenvalue weighted by Gasteiger charge is -2.30. The quantitative estimate of drug-likeness (QED) is 0.657. The molecular weight excluding hydrogens is 299 g/mol. The summed E-state index contributed by atoms with van der Waals surface area (Å²) in [5.74, 6) is 0.928. The van der Waals surface area contributed by atoms with Crippen molar-refractivity contribution in [3.63, 3.8) is 0 Å². The van der Waals surface area contributed by atoms with Crippen LogP contribution >= 0.6 is 34.8 Å². The SMILES string of the molecule is ClCC(CCl)(Cc1ccccc1Cl)c1ccccc1. The van der Waals surface area contributed by atoms with Gasteiger partial charge in [-0.25, -0.2) is 0 Å².